The van der Waals surface area contributed by atoms with Crippen LogP contribution in [0.25, 0.3) is 10.2 Å². The summed E-state index contributed by atoms with van der Waals surface area (Å²) in [5.41, 5.74) is 7.07. The normalized spacial score (nSPS) is 17.0. The van der Waals surface area contributed by atoms with Crippen LogP contribution in [0.1, 0.15) is 50.5 Å². The molecule has 0 spiro atoms. The van der Waals surface area contributed by atoms with Crippen LogP contribution in [0.3, 0.4) is 0 Å². The first kappa shape index (κ1) is 21.2. The van der Waals surface area contributed by atoms with Gasteiger partial charge in [-0.15, -0.1) is 11.3 Å². The number of hydrogen-bond acceptors (Lipinski definition) is 5. The number of Topliss-reactive ketones (excluding diaryl/α,β-unsaturated/α-hetero) is 1. The Kier molecular flexibility index (Phi) is 7.43. The molecule has 3 N–H and O–H groups in total. The molecule has 2 aromatic rings. The number of nitrogens with two attached hydrogens (primary N) is 1. The second kappa shape index (κ2) is 9.81. The Hall–Kier alpha value is -1.50. The average Bonchev–Trinajstić information content (AvgIpc) is 3.34. The fourth-order valence-corrected chi connectivity index (χ4v) is 5.21. The van der Waals surface area contributed by atoms with Crippen LogP contribution in [0, 0.1) is 11.8 Å². The van der Waals surface area contributed by atoms with Crippen molar-refractivity contribution in [3.05, 3.63) is 28.2 Å². The van der Waals surface area contributed by atoms with Crippen molar-refractivity contribution >= 4 is 44.8 Å². The first-order chi connectivity index (χ1) is 13.5. The largest absolute Gasteiger partial charge is 0.354 e. The second-order valence-electron chi connectivity index (χ2n) is 7.70. The van der Waals surface area contributed by atoms with Gasteiger partial charge in [-0.2, -0.15) is 0 Å². The molecule has 0 saturated heterocycles. The Balaban J connectivity index is 1.64. The van der Waals surface area contributed by atoms with Gasteiger partial charge in [0.1, 0.15) is 5.78 Å². The minimum atomic E-state index is -0.449. The highest BCUT2D eigenvalue weighted by Gasteiger charge is 2.28. The summed E-state index contributed by atoms with van der Waals surface area (Å²) in [6, 6.07) is 5.20. The third-order valence-corrected chi connectivity index (χ3v) is 6.82. The molecule has 3 rings (SSSR count). The van der Waals surface area contributed by atoms with Crippen molar-refractivity contribution in [2.45, 2.75) is 57.9 Å². The molecule has 7 heteroatoms. The van der Waals surface area contributed by atoms with E-state index < -0.39 is 6.04 Å². The maximum Gasteiger partial charge on any atom is 0.237 e. The highest BCUT2D eigenvalue weighted by atomic mass is 35.5. The van der Waals surface area contributed by atoms with Gasteiger partial charge in [0.25, 0.3) is 0 Å². The number of ketones is 1. The standard InChI is InChI=1S/C21H28ClN3O2S/c1-2-16(26)9-13(12-24-21(27)20(23)14-5-3-4-6-14)10-19-25-17-8-7-15(22)11-18(17)28-19/h7-8,11,13-14,20H,2-6,9-10,12,23H2,1H3,(H,24,27)/t13-,20+/m0/s1. The van der Waals surface area contributed by atoms with E-state index in [1.807, 2.05) is 25.1 Å². The molecule has 0 unspecified atom stereocenters. The average molecular weight is 422 g/mol. The van der Waals surface area contributed by atoms with E-state index in [-0.39, 0.29) is 23.5 Å². The minimum Gasteiger partial charge on any atom is -0.354 e. The van der Waals surface area contributed by atoms with Crippen molar-refractivity contribution in [2.75, 3.05) is 6.54 Å². The highest BCUT2D eigenvalue weighted by Crippen LogP contribution is 2.28. The molecule has 152 valence electrons. The van der Waals surface area contributed by atoms with E-state index in [0.29, 0.717) is 30.8 Å². The molecule has 1 amide bonds. The smallest absolute Gasteiger partial charge is 0.237 e. The van der Waals surface area contributed by atoms with Gasteiger partial charge in [-0.3, -0.25) is 9.59 Å². The SMILES string of the molecule is CCC(=O)C[C@H](CNC(=O)[C@H](N)C1CCCC1)Cc1nc2ccc(Cl)cc2s1. The Labute approximate surface area is 175 Å². The first-order valence-corrected chi connectivity index (χ1v) is 11.3. The van der Waals surface area contributed by atoms with E-state index in [4.69, 9.17) is 17.3 Å². The van der Waals surface area contributed by atoms with Gasteiger partial charge in [0.15, 0.2) is 0 Å². The lowest BCUT2D eigenvalue weighted by atomic mass is 9.96. The number of aromatic nitrogens is 1. The molecule has 2 atom stereocenters. The number of carbonyl (C=O) groups is 2. The first-order valence-electron chi connectivity index (χ1n) is 10.1. The summed E-state index contributed by atoms with van der Waals surface area (Å²) in [5.74, 6) is 0.397. The van der Waals surface area contributed by atoms with Crippen molar-refractivity contribution in [1.82, 2.24) is 10.3 Å². The number of benzene rings is 1. The topological polar surface area (TPSA) is 85.1 Å². The quantitative estimate of drug-likeness (QED) is 0.637. The minimum absolute atomic E-state index is 0.0169. The molecule has 1 aromatic carbocycles. The number of amides is 1. The van der Waals surface area contributed by atoms with E-state index in [2.05, 4.69) is 10.3 Å². The van der Waals surface area contributed by atoms with E-state index in [9.17, 15) is 9.59 Å². The van der Waals surface area contributed by atoms with Gasteiger partial charge < -0.3 is 11.1 Å². The van der Waals surface area contributed by atoms with Crippen LogP contribution in [-0.2, 0) is 16.0 Å². The number of nitrogens with one attached hydrogen (secondary N) is 1. The summed E-state index contributed by atoms with van der Waals surface area (Å²) in [6.45, 7) is 2.31. The lowest BCUT2D eigenvalue weighted by Crippen LogP contribution is -2.46. The van der Waals surface area contributed by atoms with Gasteiger partial charge in [-0.25, -0.2) is 4.98 Å². The lowest BCUT2D eigenvalue weighted by Gasteiger charge is -2.21. The molecular formula is C21H28ClN3O2S. The fraction of sp³-hybridized carbons (Fsp3) is 0.571. The van der Waals surface area contributed by atoms with Gasteiger partial charge in [0.05, 0.1) is 21.3 Å². The Morgan fingerprint density at radius 1 is 1.36 bits per heavy atom. The summed E-state index contributed by atoms with van der Waals surface area (Å²) < 4.78 is 1.04. The number of fused-ring (bicyclic) bond motifs is 1. The summed E-state index contributed by atoms with van der Waals surface area (Å²) in [5, 5.41) is 4.64. The molecule has 0 aliphatic heterocycles. The Bertz CT molecular complexity index is 832. The molecule has 1 heterocycles. The number of hydrogen-bond donors (Lipinski definition) is 2. The van der Waals surface area contributed by atoms with Gasteiger partial charge in [0, 0.05) is 30.8 Å². The Morgan fingerprint density at radius 3 is 2.82 bits per heavy atom. The van der Waals surface area contributed by atoms with Gasteiger partial charge in [0.2, 0.25) is 5.91 Å². The summed E-state index contributed by atoms with van der Waals surface area (Å²) in [4.78, 5) is 29.2. The van der Waals surface area contributed by atoms with Crippen LogP contribution in [0.15, 0.2) is 18.2 Å². The molecular weight excluding hydrogens is 394 g/mol. The van der Waals surface area contributed by atoms with E-state index >= 15 is 0 Å². The molecule has 5 nitrogen and oxygen atoms in total. The molecule has 0 bridgehead atoms. The van der Waals surface area contributed by atoms with Crippen LogP contribution in [0.2, 0.25) is 5.02 Å². The molecule has 1 aromatic heterocycles. The van der Waals surface area contributed by atoms with E-state index in [0.717, 1.165) is 40.9 Å². The maximum absolute atomic E-state index is 12.5. The third kappa shape index (κ3) is 5.52. The fourth-order valence-electron chi connectivity index (χ4n) is 3.86. The van der Waals surface area contributed by atoms with Crippen molar-refractivity contribution < 1.29 is 9.59 Å². The predicted octanol–water partition coefficient (Wildman–Crippen LogP) is 4.11. The zero-order valence-corrected chi connectivity index (χ0v) is 17.8. The van der Waals surface area contributed by atoms with Crippen molar-refractivity contribution in [1.29, 1.82) is 0 Å². The van der Waals surface area contributed by atoms with Gasteiger partial charge in [-0.1, -0.05) is 31.4 Å². The molecule has 1 aliphatic rings. The lowest BCUT2D eigenvalue weighted by molar-refractivity contribution is -0.124. The van der Waals surface area contributed by atoms with Crippen LogP contribution in [-0.4, -0.2) is 29.3 Å². The summed E-state index contributed by atoms with van der Waals surface area (Å²) >= 11 is 7.66. The van der Waals surface area contributed by atoms with E-state index in [1.54, 1.807) is 11.3 Å². The van der Waals surface area contributed by atoms with Crippen LogP contribution in [0.5, 0.6) is 0 Å². The van der Waals surface area contributed by atoms with Crippen molar-refractivity contribution in [3.8, 4) is 0 Å². The number of nitrogens with zero attached hydrogens (tertiary/aromatic N) is 1. The Morgan fingerprint density at radius 2 is 2.11 bits per heavy atom. The molecule has 28 heavy (non-hydrogen) atoms. The third-order valence-electron chi connectivity index (χ3n) is 5.54. The van der Waals surface area contributed by atoms with Crippen LogP contribution < -0.4 is 11.1 Å². The molecule has 1 fully saturated rings. The zero-order valence-electron chi connectivity index (χ0n) is 16.2. The van der Waals surface area contributed by atoms with Crippen LogP contribution >= 0.6 is 22.9 Å². The molecule has 1 aliphatic carbocycles. The zero-order chi connectivity index (χ0) is 20.1. The molecule has 1 saturated carbocycles. The van der Waals surface area contributed by atoms with Crippen LogP contribution in [0.4, 0.5) is 0 Å². The highest BCUT2D eigenvalue weighted by molar-refractivity contribution is 7.18. The number of thiazole rings is 1. The van der Waals surface area contributed by atoms with Gasteiger partial charge in [-0.05, 0) is 42.9 Å². The van der Waals surface area contributed by atoms with Gasteiger partial charge >= 0.3 is 0 Å². The summed E-state index contributed by atoms with van der Waals surface area (Å²) in [7, 11) is 0. The summed E-state index contributed by atoms with van der Waals surface area (Å²) in [6.07, 6.45) is 5.96. The number of carbonyl (C=O) groups excluding carboxylic acids is 2. The monoisotopic (exact) mass is 421 g/mol. The second-order valence-corrected chi connectivity index (χ2v) is 9.25. The number of rotatable bonds is 9. The number of halogens is 1. The predicted molar refractivity (Wildman–Crippen MR) is 115 cm³/mol. The van der Waals surface area contributed by atoms with E-state index in [1.165, 1.54) is 0 Å². The van der Waals surface area contributed by atoms with Crippen molar-refractivity contribution in [2.24, 2.45) is 17.6 Å². The maximum atomic E-state index is 12.5. The van der Waals surface area contributed by atoms with Crippen molar-refractivity contribution in [3.63, 3.8) is 0 Å². The molecule has 0 radical (unpaired) electrons.